The van der Waals surface area contributed by atoms with Crippen molar-refractivity contribution in [3.05, 3.63) is 57.7 Å². The van der Waals surface area contributed by atoms with Crippen molar-refractivity contribution in [2.45, 2.75) is 39.1 Å². The molecule has 3 heterocycles. The Morgan fingerprint density at radius 1 is 1.22 bits per heavy atom. The Kier molecular flexibility index (Phi) is 4.53. The summed E-state index contributed by atoms with van der Waals surface area (Å²) in [7, 11) is 0. The SMILES string of the molecule is Cc1cc(C2OC(C)O2)n(Cc2nc(-c3cccc(C(F)(F)F)c3)cs2)n1. The van der Waals surface area contributed by atoms with Crippen molar-refractivity contribution in [3.8, 4) is 11.3 Å². The molecule has 0 atom stereocenters. The third-order valence-corrected chi connectivity index (χ3v) is 4.96. The van der Waals surface area contributed by atoms with Gasteiger partial charge in [0.2, 0.25) is 6.29 Å². The molecule has 4 rings (SSSR count). The number of hydrogen-bond donors (Lipinski definition) is 0. The van der Waals surface area contributed by atoms with E-state index in [2.05, 4.69) is 10.1 Å². The van der Waals surface area contributed by atoms with E-state index in [4.69, 9.17) is 9.47 Å². The van der Waals surface area contributed by atoms with Gasteiger partial charge < -0.3 is 9.47 Å². The zero-order valence-corrected chi connectivity index (χ0v) is 15.3. The van der Waals surface area contributed by atoms with Gasteiger partial charge in [0.1, 0.15) is 5.01 Å². The molecule has 1 aliphatic rings. The lowest BCUT2D eigenvalue weighted by atomic mass is 10.1. The molecule has 1 aromatic carbocycles. The fraction of sp³-hybridized carbons (Fsp3) is 0.333. The maximum atomic E-state index is 12.9. The van der Waals surface area contributed by atoms with E-state index in [9.17, 15) is 13.2 Å². The van der Waals surface area contributed by atoms with Crippen molar-refractivity contribution in [3.63, 3.8) is 0 Å². The third kappa shape index (κ3) is 3.76. The quantitative estimate of drug-likeness (QED) is 0.638. The molecule has 1 saturated heterocycles. The maximum Gasteiger partial charge on any atom is 0.416 e. The summed E-state index contributed by atoms with van der Waals surface area (Å²) in [6, 6.07) is 7.06. The molecular weight excluding hydrogens is 379 g/mol. The lowest BCUT2D eigenvalue weighted by Gasteiger charge is -2.33. The Hall–Kier alpha value is -2.23. The van der Waals surface area contributed by atoms with Crippen LogP contribution in [-0.2, 0) is 22.2 Å². The van der Waals surface area contributed by atoms with Crippen LogP contribution in [0, 0.1) is 6.92 Å². The van der Waals surface area contributed by atoms with Gasteiger partial charge in [-0.1, -0.05) is 12.1 Å². The highest BCUT2D eigenvalue weighted by Gasteiger charge is 2.32. The van der Waals surface area contributed by atoms with Crippen molar-refractivity contribution < 1.29 is 22.6 Å². The van der Waals surface area contributed by atoms with E-state index in [0.717, 1.165) is 28.5 Å². The minimum Gasteiger partial charge on any atom is -0.318 e. The highest BCUT2D eigenvalue weighted by atomic mass is 32.1. The maximum absolute atomic E-state index is 12.9. The zero-order chi connectivity index (χ0) is 19.2. The van der Waals surface area contributed by atoms with Gasteiger partial charge in [-0.05, 0) is 32.0 Å². The van der Waals surface area contributed by atoms with E-state index in [1.807, 2.05) is 19.9 Å². The minimum atomic E-state index is -4.38. The van der Waals surface area contributed by atoms with Gasteiger partial charge in [0.05, 0.1) is 29.2 Å². The summed E-state index contributed by atoms with van der Waals surface area (Å²) < 4.78 is 51.5. The molecule has 0 unspecified atom stereocenters. The molecule has 0 aliphatic carbocycles. The average molecular weight is 395 g/mol. The van der Waals surface area contributed by atoms with Gasteiger partial charge >= 0.3 is 6.18 Å². The molecule has 0 spiro atoms. The molecule has 0 saturated carbocycles. The van der Waals surface area contributed by atoms with Crippen LogP contribution in [0.15, 0.2) is 35.7 Å². The molecule has 0 amide bonds. The lowest BCUT2D eigenvalue weighted by Crippen LogP contribution is -2.33. The first kappa shape index (κ1) is 18.1. The highest BCUT2D eigenvalue weighted by molar-refractivity contribution is 7.09. The molecular formula is C18H16F3N3O2S. The number of nitrogens with zero attached hydrogens (tertiary/aromatic N) is 3. The summed E-state index contributed by atoms with van der Waals surface area (Å²) >= 11 is 1.37. The second-order valence-corrected chi connectivity index (χ2v) is 7.19. The molecule has 9 heteroatoms. The molecule has 5 nitrogen and oxygen atoms in total. The normalized spacial score (nSPS) is 19.9. The van der Waals surface area contributed by atoms with E-state index in [1.165, 1.54) is 17.4 Å². The van der Waals surface area contributed by atoms with E-state index in [-0.39, 0.29) is 6.29 Å². The first-order chi connectivity index (χ1) is 12.8. The summed E-state index contributed by atoms with van der Waals surface area (Å²) in [5, 5.41) is 6.92. The second kappa shape index (κ2) is 6.74. The predicted molar refractivity (Wildman–Crippen MR) is 93.0 cm³/mol. The molecule has 3 aromatic rings. The molecule has 0 bridgehead atoms. The molecule has 27 heavy (non-hydrogen) atoms. The summed E-state index contributed by atoms with van der Waals surface area (Å²) in [5.41, 5.74) is 1.88. The Labute approximate surface area is 157 Å². The average Bonchev–Trinajstić information content (AvgIpc) is 3.18. The third-order valence-electron chi connectivity index (χ3n) is 4.13. The van der Waals surface area contributed by atoms with Crippen LogP contribution >= 0.6 is 11.3 Å². The number of aromatic nitrogens is 3. The van der Waals surface area contributed by atoms with Crippen LogP contribution in [0.5, 0.6) is 0 Å². The fourth-order valence-corrected chi connectivity index (χ4v) is 3.66. The van der Waals surface area contributed by atoms with Crippen molar-refractivity contribution >= 4 is 11.3 Å². The predicted octanol–water partition coefficient (Wildman–Crippen LogP) is 4.77. The standard InChI is InChI=1S/C18H16F3N3O2S/c1-10-6-15(17-25-11(2)26-17)24(23-10)8-16-22-14(9-27-16)12-4-3-5-13(7-12)18(19,20)21/h3-7,9,11,17H,8H2,1-2H3. The number of rotatable bonds is 4. The largest absolute Gasteiger partial charge is 0.416 e. The van der Waals surface area contributed by atoms with Crippen LogP contribution in [-0.4, -0.2) is 21.1 Å². The highest BCUT2D eigenvalue weighted by Crippen LogP contribution is 2.34. The topological polar surface area (TPSA) is 49.2 Å². The van der Waals surface area contributed by atoms with E-state index >= 15 is 0 Å². The first-order valence-corrected chi connectivity index (χ1v) is 9.15. The Balaban J connectivity index is 1.56. The van der Waals surface area contributed by atoms with Gasteiger partial charge in [0.15, 0.2) is 6.29 Å². The number of halogens is 3. The molecule has 142 valence electrons. The summed E-state index contributed by atoms with van der Waals surface area (Å²) in [5.74, 6) is 0. The van der Waals surface area contributed by atoms with E-state index < -0.39 is 18.0 Å². The number of thiazole rings is 1. The van der Waals surface area contributed by atoms with Crippen molar-refractivity contribution in [1.82, 2.24) is 14.8 Å². The van der Waals surface area contributed by atoms with Crippen LogP contribution in [0.25, 0.3) is 11.3 Å². The van der Waals surface area contributed by atoms with Crippen LogP contribution in [0.2, 0.25) is 0 Å². The minimum absolute atomic E-state index is 0.244. The fourth-order valence-electron chi connectivity index (χ4n) is 2.88. The number of aryl methyl sites for hydroxylation is 1. The summed E-state index contributed by atoms with van der Waals surface area (Å²) in [4.78, 5) is 4.48. The number of hydrogen-bond acceptors (Lipinski definition) is 5. The summed E-state index contributed by atoms with van der Waals surface area (Å²) in [6.07, 6.45) is -5.08. The zero-order valence-electron chi connectivity index (χ0n) is 14.5. The van der Waals surface area contributed by atoms with Gasteiger partial charge in [0, 0.05) is 10.9 Å². The second-order valence-electron chi connectivity index (χ2n) is 6.25. The van der Waals surface area contributed by atoms with Crippen LogP contribution in [0.3, 0.4) is 0 Å². The molecule has 1 fully saturated rings. The molecule has 2 aromatic heterocycles. The Bertz CT molecular complexity index is 961. The van der Waals surface area contributed by atoms with Gasteiger partial charge in [-0.2, -0.15) is 18.3 Å². The molecule has 0 radical (unpaired) electrons. The molecule has 1 aliphatic heterocycles. The smallest absolute Gasteiger partial charge is 0.318 e. The summed E-state index contributed by atoms with van der Waals surface area (Å²) in [6.45, 7) is 4.08. The van der Waals surface area contributed by atoms with Gasteiger partial charge in [-0.15, -0.1) is 11.3 Å². The Morgan fingerprint density at radius 3 is 2.70 bits per heavy atom. The van der Waals surface area contributed by atoms with Crippen LogP contribution < -0.4 is 0 Å². The van der Waals surface area contributed by atoms with Gasteiger partial charge in [0.25, 0.3) is 0 Å². The van der Waals surface area contributed by atoms with Gasteiger partial charge in [-0.25, -0.2) is 4.98 Å². The molecule has 0 N–H and O–H groups in total. The van der Waals surface area contributed by atoms with Crippen molar-refractivity contribution in [1.29, 1.82) is 0 Å². The van der Waals surface area contributed by atoms with E-state index in [1.54, 1.807) is 16.1 Å². The van der Waals surface area contributed by atoms with Crippen molar-refractivity contribution in [2.24, 2.45) is 0 Å². The van der Waals surface area contributed by atoms with Crippen LogP contribution in [0.4, 0.5) is 13.2 Å². The number of benzene rings is 1. The first-order valence-electron chi connectivity index (χ1n) is 8.27. The number of alkyl halides is 3. The Morgan fingerprint density at radius 2 is 2.00 bits per heavy atom. The van der Waals surface area contributed by atoms with Crippen LogP contribution in [0.1, 0.15) is 35.2 Å². The lowest BCUT2D eigenvalue weighted by molar-refractivity contribution is -0.384. The van der Waals surface area contributed by atoms with E-state index in [0.29, 0.717) is 17.8 Å². The van der Waals surface area contributed by atoms with Gasteiger partial charge in [-0.3, -0.25) is 4.68 Å². The van der Waals surface area contributed by atoms with Crippen molar-refractivity contribution in [2.75, 3.05) is 0 Å². The monoisotopic (exact) mass is 395 g/mol. The number of ether oxygens (including phenoxy) is 2.